The molecule has 1 heterocycles. The molecule has 0 aromatic heterocycles. The summed E-state index contributed by atoms with van der Waals surface area (Å²) in [6, 6.07) is 8.87. The number of amides is 2. The van der Waals surface area contributed by atoms with Crippen molar-refractivity contribution in [2.24, 2.45) is 0 Å². The van der Waals surface area contributed by atoms with Gasteiger partial charge in [0.05, 0.1) is 13.7 Å². The SMILES string of the molecule is CCOC(=O)N1CCC(=C(C#N)C(=O)Nc2ccc(OC)cc2)CC1. The Hall–Kier alpha value is -3.01. The lowest BCUT2D eigenvalue weighted by Crippen LogP contribution is -2.37. The van der Waals surface area contributed by atoms with Gasteiger partial charge < -0.3 is 19.7 Å². The van der Waals surface area contributed by atoms with Gasteiger partial charge in [-0.05, 0) is 49.6 Å². The second kappa shape index (κ2) is 8.73. The predicted octanol–water partition coefficient (Wildman–Crippen LogP) is 2.71. The number of carbonyl (C=O) groups excluding carboxylic acids is 2. The number of carbonyl (C=O) groups is 2. The summed E-state index contributed by atoms with van der Waals surface area (Å²) in [4.78, 5) is 25.7. The van der Waals surface area contributed by atoms with Crippen LogP contribution in [0, 0.1) is 11.3 Å². The van der Waals surface area contributed by atoms with Crippen molar-refractivity contribution < 1.29 is 19.1 Å². The third-order valence-corrected chi connectivity index (χ3v) is 3.93. The van der Waals surface area contributed by atoms with E-state index in [0.717, 1.165) is 5.57 Å². The number of nitriles is 1. The van der Waals surface area contributed by atoms with Gasteiger partial charge in [-0.1, -0.05) is 0 Å². The van der Waals surface area contributed by atoms with Crippen LogP contribution in [-0.4, -0.2) is 43.7 Å². The summed E-state index contributed by atoms with van der Waals surface area (Å²) in [5, 5.41) is 12.1. The van der Waals surface area contributed by atoms with Gasteiger partial charge >= 0.3 is 6.09 Å². The Balaban J connectivity index is 2.03. The molecule has 1 aliphatic heterocycles. The van der Waals surface area contributed by atoms with Crippen molar-refractivity contribution in [2.75, 3.05) is 32.1 Å². The van der Waals surface area contributed by atoms with Gasteiger partial charge in [0, 0.05) is 18.8 Å². The van der Waals surface area contributed by atoms with Crippen molar-refractivity contribution >= 4 is 17.7 Å². The molecule has 0 unspecified atom stereocenters. The quantitative estimate of drug-likeness (QED) is 0.670. The zero-order valence-corrected chi connectivity index (χ0v) is 14.4. The Morgan fingerprint density at radius 2 is 1.88 bits per heavy atom. The minimum absolute atomic E-state index is 0.110. The van der Waals surface area contributed by atoms with Crippen LogP contribution in [0.5, 0.6) is 5.75 Å². The second-order valence-corrected chi connectivity index (χ2v) is 5.46. The molecule has 7 heteroatoms. The lowest BCUT2D eigenvalue weighted by atomic mass is 9.98. The van der Waals surface area contributed by atoms with Gasteiger partial charge in [-0.15, -0.1) is 0 Å². The number of piperidine rings is 1. The average molecular weight is 343 g/mol. The molecule has 0 saturated carbocycles. The van der Waals surface area contributed by atoms with Gasteiger partial charge in [0.25, 0.3) is 5.91 Å². The highest BCUT2D eigenvalue weighted by Crippen LogP contribution is 2.22. The Kier molecular flexibility index (Phi) is 6.40. The molecule has 0 radical (unpaired) electrons. The van der Waals surface area contributed by atoms with Gasteiger partial charge in [-0.25, -0.2) is 4.79 Å². The minimum Gasteiger partial charge on any atom is -0.497 e. The first-order valence-corrected chi connectivity index (χ1v) is 8.08. The first kappa shape index (κ1) is 18.3. The average Bonchev–Trinajstić information content (AvgIpc) is 2.63. The Morgan fingerprint density at radius 1 is 1.24 bits per heavy atom. The topological polar surface area (TPSA) is 91.7 Å². The van der Waals surface area contributed by atoms with Crippen LogP contribution < -0.4 is 10.1 Å². The van der Waals surface area contributed by atoms with Crippen molar-refractivity contribution in [3.8, 4) is 11.8 Å². The third-order valence-electron chi connectivity index (χ3n) is 3.93. The fourth-order valence-corrected chi connectivity index (χ4v) is 2.58. The number of hydrogen-bond acceptors (Lipinski definition) is 5. The number of benzene rings is 1. The molecule has 0 atom stereocenters. The maximum atomic E-state index is 12.4. The minimum atomic E-state index is -0.438. The molecule has 0 spiro atoms. The monoisotopic (exact) mass is 343 g/mol. The molecule has 0 aliphatic carbocycles. The molecule has 7 nitrogen and oxygen atoms in total. The number of rotatable bonds is 4. The number of anilines is 1. The van der Waals surface area contributed by atoms with Crippen LogP contribution in [-0.2, 0) is 9.53 Å². The Morgan fingerprint density at radius 3 is 2.40 bits per heavy atom. The van der Waals surface area contributed by atoms with Crippen molar-refractivity contribution in [1.29, 1.82) is 5.26 Å². The van der Waals surface area contributed by atoms with E-state index >= 15 is 0 Å². The standard InChI is InChI=1S/C18H21N3O4/c1-3-25-18(23)21-10-8-13(9-11-21)16(12-19)17(22)20-14-4-6-15(24-2)7-5-14/h4-7H,3,8-11H2,1-2H3,(H,20,22). The number of ether oxygens (including phenoxy) is 2. The zero-order chi connectivity index (χ0) is 18.2. The Bertz CT molecular complexity index is 694. The Labute approximate surface area is 146 Å². The van der Waals surface area contributed by atoms with Crippen LogP contribution in [0.1, 0.15) is 19.8 Å². The lowest BCUT2D eigenvalue weighted by Gasteiger charge is -2.28. The normalized spacial score (nSPS) is 13.6. The van der Waals surface area contributed by atoms with Crippen LogP contribution in [0.4, 0.5) is 10.5 Å². The molecular formula is C18H21N3O4. The molecule has 0 bridgehead atoms. The largest absolute Gasteiger partial charge is 0.497 e. The summed E-state index contributed by atoms with van der Waals surface area (Å²) in [6.45, 7) is 2.96. The highest BCUT2D eigenvalue weighted by molar-refractivity contribution is 6.07. The van der Waals surface area contributed by atoms with E-state index in [1.54, 1.807) is 43.2 Å². The zero-order valence-electron chi connectivity index (χ0n) is 14.4. The van der Waals surface area contributed by atoms with E-state index in [1.165, 1.54) is 0 Å². The third kappa shape index (κ3) is 4.73. The number of nitrogens with zero attached hydrogens (tertiary/aromatic N) is 2. The highest BCUT2D eigenvalue weighted by atomic mass is 16.6. The van der Waals surface area contributed by atoms with E-state index < -0.39 is 5.91 Å². The van der Waals surface area contributed by atoms with Crippen LogP contribution >= 0.6 is 0 Å². The summed E-state index contributed by atoms with van der Waals surface area (Å²) in [6.07, 6.45) is 0.609. The summed E-state index contributed by atoms with van der Waals surface area (Å²) >= 11 is 0. The molecular weight excluding hydrogens is 322 g/mol. The molecule has 1 aliphatic rings. The lowest BCUT2D eigenvalue weighted by molar-refractivity contribution is -0.112. The van der Waals surface area contributed by atoms with Crippen LogP contribution in [0.15, 0.2) is 35.4 Å². The smallest absolute Gasteiger partial charge is 0.409 e. The summed E-state index contributed by atoms with van der Waals surface area (Å²) in [7, 11) is 1.56. The number of nitrogens with one attached hydrogen (secondary N) is 1. The number of likely N-dealkylation sites (tertiary alicyclic amines) is 1. The van der Waals surface area contributed by atoms with Crippen molar-refractivity contribution in [3.05, 3.63) is 35.4 Å². The molecule has 1 fully saturated rings. The number of methoxy groups -OCH3 is 1. The van der Waals surface area contributed by atoms with Gasteiger partial charge in [-0.2, -0.15) is 5.26 Å². The molecule has 1 N–H and O–H groups in total. The van der Waals surface area contributed by atoms with Crippen molar-refractivity contribution in [2.45, 2.75) is 19.8 Å². The molecule has 25 heavy (non-hydrogen) atoms. The molecule has 1 aromatic rings. The van der Waals surface area contributed by atoms with Gasteiger partial charge in [0.1, 0.15) is 17.4 Å². The predicted molar refractivity (Wildman–Crippen MR) is 92.1 cm³/mol. The molecule has 1 aromatic carbocycles. The van der Waals surface area contributed by atoms with E-state index in [9.17, 15) is 14.9 Å². The van der Waals surface area contributed by atoms with E-state index in [4.69, 9.17) is 9.47 Å². The van der Waals surface area contributed by atoms with Crippen LogP contribution in [0.2, 0.25) is 0 Å². The van der Waals surface area contributed by atoms with Gasteiger partial charge in [0.15, 0.2) is 0 Å². The van der Waals surface area contributed by atoms with Crippen LogP contribution in [0.3, 0.4) is 0 Å². The van der Waals surface area contributed by atoms with E-state index in [2.05, 4.69) is 5.32 Å². The fraction of sp³-hybridized carbons (Fsp3) is 0.389. The maximum absolute atomic E-state index is 12.4. The van der Waals surface area contributed by atoms with E-state index in [0.29, 0.717) is 44.0 Å². The number of hydrogen-bond donors (Lipinski definition) is 1. The maximum Gasteiger partial charge on any atom is 0.409 e. The summed E-state index contributed by atoms with van der Waals surface area (Å²) < 4.78 is 10.0. The van der Waals surface area contributed by atoms with Gasteiger partial charge in [-0.3, -0.25) is 4.79 Å². The second-order valence-electron chi connectivity index (χ2n) is 5.46. The van der Waals surface area contributed by atoms with Crippen LogP contribution in [0.25, 0.3) is 0 Å². The summed E-state index contributed by atoms with van der Waals surface area (Å²) in [5.74, 6) is 0.246. The first-order chi connectivity index (χ1) is 12.1. The fourth-order valence-electron chi connectivity index (χ4n) is 2.58. The summed E-state index contributed by atoms with van der Waals surface area (Å²) in [5.41, 5.74) is 1.46. The molecule has 132 valence electrons. The van der Waals surface area contributed by atoms with Gasteiger partial charge in [0.2, 0.25) is 0 Å². The first-order valence-electron chi connectivity index (χ1n) is 8.08. The molecule has 1 saturated heterocycles. The highest BCUT2D eigenvalue weighted by Gasteiger charge is 2.24. The van der Waals surface area contributed by atoms with Crippen molar-refractivity contribution in [1.82, 2.24) is 4.90 Å². The molecule has 2 amide bonds. The molecule has 2 rings (SSSR count). The van der Waals surface area contributed by atoms with E-state index in [-0.39, 0.29) is 11.7 Å². The van der Waals surface area contributed by atoms with Crippen molar-refractivity contribution in [3.63, 3.8) is 0 Å². The van der Waals surface area contributed by atoms with E-state index in [1.807, 2.05) is 6.07 Å².